The fourth-order valence-electron chi connectivity index (χ4n) is 2.73. The van der Waals surface area contributed by atoms with Crippen molar-refractivity contribution >= 4 is 10.9 Å². The number of benzene rings is 2. The first-order valence-corrected chi connectivity index (χ1v) is 7.79. The topological polar surface area (TPSA) is 92.0 Å². The Bertz CT molecular complexity index is 1140. The number of fused-ring (bicyclic) bond motifs is 1. The molecule has 0 fully saturated rings. The van der Waals surface area contributed by atoms with Crippen LogP contribution in [0.15, 0.2) is 51.8 Å². The van der Waals surface area contributed by atoms with Gasteiger partial charge in [-0.3, -0.25) is 4.79 Å². The van der Waals surface area contributed by atoms with Crippen molar-refractivity contribution in [1.82, 2.24) is 15.1 Å². The summed E-state index contributed by atoms with van der Waals surface area (Å²) in [6.45, 7) is 3.89. The Hall–Kier alpha value is -3.41. The van der Waals surface area contributed by atoms with Crippen LogP contribution in [0.3, 0.4) is 0 Å². The lowest BCUT2D eigenvalue weighted by atomic mass is 10.1. The molecule has 4 rings (SSSR count). The van der Waals surface area contributed by atoms with E-state index in [1.165, 1.54) is 0 Å². The number of aromatic nitrogens is 3. The molecular formula is C19H15N3O3. The molecule has 0 aliphatic rings. The molecule has 0 radical (unpaired) electrons. The van der Waals surface area contributed by atoms with Crippen molar-refractivity contribution < 1.29 is 9.63 Å². The van der Waals surface area contributed by atoms with Crippen LogP contribution in [0.5, 0.6) is 5.75 Å². The molecule has 25 heavy (non-hydrogen) atoms. The lowest BCUT2D eigenvalue weighted by Gasteiger charge is -2.05. The van der Waals surface area contributed by atoms with E-state index < -0.39 is 5.56 Å². The molecule has 2 aromatic carbocycles. The van der Waals surface area contributed by atoms with Gasteiger partial charge < -0.3 is 14.6 Å². The number of hydrogen-bond donors (Lipinski definition) is 2. The molecule has 0 atom stereocenters. The molecule has 0 amide bonds. The van der Waals surface area contributed by atoms with Crippen LogP contribution < -0.4 is 5.56 Å². The summed E-state index contributed by atoms with van der Waals surface area (Å²) in [5.41, 5.74) is 2.90. The first-order chi connectivity index (χ1) is 12.0. The van der Waals surface area contributed by atoms with Gasteiger partial charge in [-0.1, -0.05) is 46.6 Å². The molecule has 4 aromatic rings. The minimum Gasteiger partial charge on any atom is -0.506 e. The van der Waals surface area contributed by atoms with Crippen molar-refractivity contribution in [3.8, 4) is 28.6 Å². The van der Waals surface area contributed by atoms with Crippen molar-refractivity contribution in [3.05, 3.63) is 63.9 Å². The van der Waals surface area contributed by atoms with Gasteiger partial charge in [-0.25, -0.2) is 0 Å². The van der Waals surface area contributed by atoms with E-state index >= 15 is 0 Å². The average molecular weight is 333 g/mol. The SMILES string of the molecule is Cc1ccc(-c2noc(-c3c(O)c4cc(C)ccc4[nH]c3=O)n2)cc1. The number of rotatable bonds is 2. The fourth-order valence-corrected chi connectivity index (χ4v) is 2.73. The van der Waals surface area contributed by atoms with Crippen LogP contribution >= 0.6 is 0 Å². The average Bonchev–Trinajstić information content (AvgIpc) is 3.06. The monoisotopic (exact) mass is 333 g/mol. The molecule has 2 N–H and O–H groups in total. The Kier molecular flexibility index (Phi) is 3.39. The predicted molar refractivity (Wildman–Crippen MR) is 94.4 cm³/mol. The summed E-state index contributed by atoms with van der Waals surface area (Å²) in [5.74, 6) is 0.178. The lowest BCUT2D eigenvalue weighted by molar-refractivity contribution is 0.426. The Balaban J connectivity index is 1.88. The largest absolute Gasteiger partial charge is 0.506 e. The molecule has 124 valence electrons. The summed E-state index contributed by atoms with van der Waals surface area (Å²) in [6, 6.07) is 13.0. The van der Waals surface area contributed by atoms with E-state index in [2.05, 4.69) is 15.1 Å². The molecule has 2 heterocycles. The van der Waals surface area contributed by atoms with Crippen molar-refractivity contribution in [3.63, 3.8) is 0 Å². The fraction of sp³-hybridized carbons (Fsp3) is 0.105. The second-order valence-corrected chi connectivity index (χ2v) is 6.02. The summed E-state index contributed by atoms with van der Waals surface area (Å²) >= 11 is 0. The van der Waals surface area contributed by atoms with Crippen molar-refractivity contribution in [2.45, 2.75) is 13.8 Å². The zero-order chi connectivity index (χ0) is 17.6. The summed E-state index contributed by atoms with van der Waals surface area (Å²) in [5, 5.41) is 15.0. The van der Waals surface area contributed by atoms with Gasteiger partial charge in [0.15, 0.2) is 0 Å². The number of hydrogen-bond acceptors (Lipinski definition) is 5. The van der Waals surface area contributed by atoms with Crippen LogP contribution in [0.2, 0.25) is 0 Å². The zero-order valence-electron chi connectivity index (χ0n) is 13.7. The maximum atomic E-state index is 12.4. The summed E-state index contributed by atoms with van der Waals surface area (Å²) in [4.78, 5) is 19.4. The van der Waals surface area contributed by atoms with Crippen LogP contribution in [-0.4, -0.2) is 20.2 Å². The van der Waals surface area contributed by atoms with Crippen LogP contribution in [-0.2, 0) is 0 Å². The maximum Gasteiger partial charge on any atom is 0.267 e. The van der Waals surface area contributed by atoms with E-state index in [1.54, 1.807) is 12.1 Å². The van der Waals surface area contributed by atoms with Gasteiger partial charge in [0.2, 0.25) is 5.82 Å². The van der Waals surface area contributed by atoms with Crippen LogP contribution in [0.25, 0.3) is 33.7 Å². The van der Waals surface area contributed by atoms with E-state index in [0.29, 0.717) is 16.7 Å². The minimum absolute atomic E-state index is 0.0160. The first kappa shape index (κ1) is 15.1. The summed E-state index contributed by atoms with van der Waals surface area (Å²) in [7, 11) is 0. The molecule has 2 aromatic heterocycles. The number of aromatic hydroxyl groups is 1. The van der Waals surface area contributed by atoms with E-state index in [-0.39, 0.29) is 17.2 Å². The number of aromatic amines is 1. The third kappa shape index (κ3) is 2.57. The second kappa shape index (κ2) is 5.59. The third-order valence-corrected chi connectivity index (χ3v) is 4.09. The molecule has 0 spiro atoms. The summed E-state index contributed by atoms with van der Waals surface area (Å²) < 4.78 is 5.24. The van der Waals surface area contributed by atoms with Crippen LogP contribution in [0.1, 0.15) is 11.1 Å². The van der Waals surface area contributed by atoms with E-state index in [0.717, 1.165) is 16.7 Å². The highest BCUT2D eigenvalue weighted by Gasteiger charge is 2.20. The Labute approximate surface area is 142 Å². The highest BCUT2D eigenvalue weighted by molar-refractivity contribution is 5.90. The second-order valence-electron chi connectivity index (χ2n) is 6.02. The van der Waals surface area contributed by atoms with Crippen LogP contribution in [0.4, 0.5) is 0 Å². The van der Waals surface area contributed by atoms with Crippen molar-refractivity contribution in [2.75, 3.05) is 0 Å². The Morgan fingerprint density at radius 2 is 1.76 bits per heavy atom. The Morgan fingerprint density at radius 3 is 2.52 bits per heavy atom. The van der Waals surface area contributed by atoms with E-state index in [9.17, 15) is 9.90 Å². The van der Waals surface area contributed by atoms with Gasteiger partial charge in [0.25, 0.3) is 11.4 Å². The molecule has 0 aliphatic heterocycles. The predicted octanol–water partition coefficient (Wildman–Crippen LogP) is 3.57. The van der Waals surface area contributed by atoms with Gasteiger partial charge in [0.05, 0.1) is 5.52 Å². The van der Waals surface area contributed by atoms with Gasteiger partial charge in [0.1, 0.15) is 11.3 Å². The normalized spacial score (nSPS) is 11.1. The number of nitrogens with one attached hydrogen (secondary N) is 1. The molecule has 6 heteroatoms. The van der Waals surface area contributed by atoms with Gasteiger partial charge >= 0.3 is 0 Å². The van der Waals surface area contributed by atoms with Gasteiger partial charge in [-0.2, -0.15) is 4.98 Å². The van der Waals surface area contributed by atoms with Crippen molar-refractivity contribution in [1.29, 1.82) is 0 Å². The quantitative estimate of drug-likeness (QED) is 0.585. The molecule has 0 saturated carbocycles. The number of aryl methyl sites for hydroxylation is 2. The third-order valence-electron chi connectivity index (χ3n) is 4.09. The molecule has 0 aliphatic carbocycles. The minimum atomic E-state index is -0.479. The molecule has 0 unspecified atom stereocenters. The summed E-state index contributed by atoms with van der Waals surface area (Å²) in [6.07, 6.45) is 0. The smallest absolute Gasteiger partial charge is 0.267 e. The molecule has 0 saturated heterocycles. The van der Waals surface area contributed by atoms with E-state index in [1.807, 2.05) is 44.2 Å². The molecule has 6 nitrogen and oxygen atoms in total. The molecular weight excluding hydrogens is 318 g/mol. The lowest BCUT2D eigenvalue weighted by Crippen LogP contribution is -2.09. The highest BCUT2D eigenvalue weighted by Crippen LogP contribution is 2.32. The zero-order valence-corrected chi connectivity index (χ0v) is 13.7. The maximum absolute atomic E-state index is 12.4. The van der Waals surface area contributed by atoms with Crippen LogP contribution in [0, 0.1) is 13.8 Å². The molecule has 0 bridgehead atoms. The van der Waals surface area contributed by atoms with E-state index in [4.69, 9.17) is 4.52 Å². The standard InChI is InChI=1S/C19H15N3O3/c1-10-3-6-12(7-4-10)17-21-19(25-22-17)15-16(23)13-9-11(2)5-8-14(13)20-18(15)24/h3-9H,1-2H3,(H2,20,23,24). The van der Waals surface area contributed by atoms with Gasteiger partial charge in [-0.05, 0) is 26.0 Å². The van der Waals surface area contributed by atoms with Gasteiger partial charge in [0, 0.05) is 10.9 Å². The first-order valence-electron chi connectivity index (χ1n) is 7.79. The number of H-pyrrole nitrogens is 1. The number of pyridine rings is 1. The number of nitrogens with zero attached hydrogens (tertiary/aromatic N) is 2. The van der Waals surface area contributed by atoms with Gasteiger partial charge in [-0.15, -0.1) is 0 Å². The Morgan fingerprint density at radius 1 is 1.04 bits per heavy atom. The highest BCUT2D eigenvalue weighted by atomic mass is 16.5. The van der Waals surface area contributed by atoms with Crippen molar-refractivity contribution in [2.24, 2.45) is 0 Å².